The molecular weight excluding hydrogens is 358 g/mol. The van der Waals surface area contributed by atoms with E-state index in [0.717, 1.165) is 18.4 Å². The first-order valence-electron chi connectivity index (χ1n) is 7.13. The number of carboxylic acid groups (broad SMARTS) is 1. The molecular formula is C14H21NO9S. The molecule has 0 radical (unpaired) electrons. The molecule has 0 saturated heterocycles. The highest BCUT2D eigenvalue weighted by molar-refractivity contribution is 7.90. The quantitative estimate of drug-likeness (QED) is 0.245. The van der Waals surface area contributed by atoms with Gasteiger partial charge >= 0.3 is 5.97 Å². The van der Waals surface area contributed by atoms with Crippen LogP contribution in [0.3, 0.4) is 0 Å². The Balaban J connectivity index is 2.95. The summed E-state index contributed by atoms with van der Waals surface area (Å²) in [6.45, 7) is -1.24. The first-order valence-corrected chi connectivity index (χ1v) is 9.02. The number of hydrogen-bond acceptors (Lipinski definition) is 9. The molecule has 0 bridgehead atoms. The molecule has 0 unspecified atom stereocenters. The monoisotopic (exact) mass is 379 g/mol. The number of carboxylic acids is 1. The van der Waals surface area contributed by atoms with Crippen molar-refractivity contribution in [2.45, 2.75) is 29.3 Å². The number of benzene rings is 1. The lowest BCUT2D eigenvalue weighted by atomic mass is 10.0. The highest BCUT2D eigenvalue weighted by Gasteiger charge is 2.30. The summed E-state index contributed by atoms with van der Waals surface area (Å²) in [4.78, 5) is 10.6. The smallest absolute Gasteiger partial charge is 0.335 e. The maximum absolute atomic E-state index is 11.8. The molecule has 0 amide bonds. The SMILES string of the molecule is CS(=O)(=O)c1cc(C(=O)O)ccc1NC[C@@H](O)[C@@H](O)[C@H](O)[C@H](O)CO. The molecule has 7 N–H and O–H groups in total. The van der Waals surface area contributed by atoms with Gasteiger partial charge in [-0.15, -0.1) is 0 Å². The number of rotatable bonds is 9. The molecule has 0 spiro atoms. The fourth-order valence-electron chi connectivity index (χ4n) is 2.01. The van der Waals surface area contributed by atoms with Crippen molar-refractivity contribution in [2.75, 3.05) is 24.7 Å². The highest BCUT2D eigenvalue weighted by atomic mass is 32.2. The minimum absolute atomic E-state index is 0.00375. The number of carbonyl (C=O) groups is 1. The fourth-order valence-corrected chi connectivity index (χ4v) is 2.89. The second-order valence-corrected chi connectivity index (χ2v) is 7.45. The lowest BCUT2D eigenvalue weighted by Crippen LogP contribution is -2.48. The van der Waals surface area contributed by atoms with Crippen molar-refractivity contribution in [3.63, 3.8) is 0 Å². The Hall–Kier alpha value is -1.76. The standard InChI is InChI=1S/C14H21NO9S/c1-25(23,24)11-4-7(14(21)22)2-3-8(11)15-5-9(17)12(19)13(20)10(18)6-16/h2-4,9-10,12-13,15-20H,5-6H2,1H3,(H,21,22)/t9-,10-,12-,13-/m1/s1. The van der Waals surface area contributed by atoms with Gasteiger partial charge in [-0.2, -0.15) is 0 Å². The molecule has 4 atom stereocenters. The summed E-state index contributed by atoms with van der Waals surface area (Å²) in [5.74, 6) is -1.31. The fraction of sp³-hybridized carbons (Fsp3) is 0.500. The summed E-state index contributed by atoms with van der Waals surface area (Å²) >= 11 is 0. The molecule has 1 aromatic rings. The Bertz CT molecular complexity index is 706. The number of aliphatic hydroxyl groups excluding tert-OH is 5. The van der Waals surface area contributed by atoms with Gasteiger partial charge in [-0.3, -0.25) is 0 Å². The van der Waals surface area contributed by atoms with Gasteiger partial charge in [0.05, 0.1) is 28.9 Å². The third-order valence-electron chi connectivity index (χ3n) is 3.46. The first kappa shape index (κ1) is 21.3. The summed E-state index contributed by atoms with van der Waals surface area (Å²) in [5, 5.41) is 58.5. The predicted molar refractivity (Wildman–Crippen MR) is 86.1 cm³/mol. The molecule has 142 valence electrons. The molecule has 0 fully saturated rings. The average molecular weight is 379 g/mol. The molecule has 10 nitrogen and oxygen atoms in total. The Morgan fingerprint density at radius 1 is 1.12 bits per heavy atom. The molecule has 0 saturated carbocycles. The summed E-state index contributed by atoms with van der Waals surface area (Å²) in [6.07, 6.45) is -6.01. The minimum atomic E-state index is -3.78. The number of anilines is 1. The normalized spacial score (nSPS) is 16.7. The van der Waals surface area contributed by atoms with Crippen LogP contribution in [-0.4, -0.2) is 88.8 Å². The first-order chi connectivity index (χ1) is 11.5. The van der Waals surface area contributed by atoms with Gasteiger partial charge in [-0.1, -0.05) is 0 Å². The van der Waals surface area contributed by atoms with Crippen LogP contribution in [-0.2, 0) is 9.84 Å². The van der Waals surface area contributed by atoms with Crippen molar-refractivity contribution in [1.82, 2.24) is 0 Å². The zero-order valence-electron chi connectivity index (χ0n) is 13.3. The van der Waals surface area contributed by atoms with Crippen LogP contribution in [0.4, 0.5) is 5.69 Å². The van der Waals surface area contributed by atoms with Gasteiger partial charge in [0, 0.05) is 12.8 Å². The van der Waals surface area contributed by atoms with E-state index in [1.165, 1.54) is 6.07 Å². The summed E-state index contributed by atoms with van der Waals surface area (Å²) in [5.41, 5.74) is -0.246. The Morgan fingerprint density at radius 2 is 1.68 bits per heavy atom. The van der Waals surface area contributed by atoms with E-state index >= 15 is 0 Å². The van der Waals surface area contributed by atoms with Gasteiger partial charge in [0.1, 0.15) is 18.3 Å². The Labute approximate surface area is 143 Å². The molecule has 1 aromatic carbocycles. The van der Waals surface area contributed by atoms with Gasteiger partial charge in [0.15, 0.2) is 9.84 Å². The summed E-state index contributed by atoms with van der Waals surface area (Å²) < 4.78 is 23.6. The van der Waals surface area contributed by atoms with Crippen LogP contribution >= 0.6 is 0 Å². The topological polar surface area (TPSA) is 185 Å². The maximum Gasteiger partial charge on any atom is 0.335 e. The highest BCUT2D eigenvalue weighted by Crippen LogP contribution is 2.23. The average Bonchev–Trinajstić information content (AvgIpc) is 2.56. The summed E-state index contributed by atoms with van der Waals surface area (Å²) in [7, 11) is -3.78. The van der Waals surface area contributed by atoms with Crippen LogP contribution in [0.15, 0.2) is 23.1 Å². The van der Waals surface area contributed by atoms with E-state index < -0.39 is 53.4 Å². The largest absolute Gasteiger partial charge is 0.478 e. The van der Waals surface area contributed by atoms with Crippen molar-refractivity contribution < 1.29 is 43.9 Å². The van der Waals surface area contributed by atoms with Crippen molar-refractivity contribution in [1.29, 1.82) is 0 Å². The molecule has 0 aliphatic carbocycles. The molecule has 25 heavy (non-hydrogen) atoms. The minimum Gasteiger partial charge on any atom is -0.478 e. The van der Waals surface area contributed by atoms with Crippen molar-refractivity contribution >= 4 is 21.5 Å². The number of sulfone groups is 1. The van der Waals surface area contributed by atoms with Crippen LogP contribution < -0.4 is 5.32 Å². The predicted octanol–water partition coefficient (Wildman–Crippen LogP) is -2.36. The van der Waals surface area contributed by atoms with Crippen LogP contribution in [0.1, 0.15) is 10.4 Å². The van der Waals surface area contributed by atoms with E-state index in [4.69, 9.17) is 10.2 Å². The third-order valence-corrected chi connectivity index (χ3v) is 4.59. The molecule has 0 aliphatic rings. The van der Waals surface area contributed by atoms with Crippen LogP contribution in [0.25, 0.3) is 0 Å². The van der Waals surface area contributed by atoms with E-state index in [1.807, 2.05) is 0 Å². The number of hydrogen-bond donors (Lipinski definition) is 7. The van der Waals surface area contributed by atoms with Crippen molar-refractivity contribution in [3.8, 4) is 0 Å². The van der Waals surface area contributed by atoms with E-state index in [9.17, 15) is 33.6 Å². The molecule has 0 heterocycles. The van der Waals surface area contributed by atoms with Gasteiger partial charge in [0.2, 0.25) is 0 Å². The molecule has 0 aromatic heterocycles. The van der Waals surface area contributed by atoms with E-state index in [2.05, 4.69) is 5.32 Å². The van der Waals surface area contributed by atoms with E-state index in [0.29, 0.717) is 0 Å². The third kappa shape index (κ3) is 5.63. The number of aromatic carboxylic acids is 1. The van der Waals surface area contributed by atoms with Gasteiger partial charge < -0.3 is 36.0 Å². The van der Waals surface area contributed by atoms with E-state index in [-0.39, 0.29) is 16.1 Å². The van der Waals surface area contributed by atoms with Crippen LogP contribution in [0.2, 0.25) is 0 Å². The zero-order valence-corrected chi connectivity index (χ0v) is 14.1. The van der Waals surface area contributed by atoms with Crippen molar-refractivity contribution in [2.24, 2.45) is 0 Å². The lowest BCUT2D eigenvalue weighted by Gasteiger charge is -2.26. The second kappa shape index (κ2) is 8.56. The maximum atomic E-state index is 11.8. The number of nitrogens with one attached hydrogen (secondary N) is 1. The Kier molecular flexibility index (Phi) is 7.29. The zero-order chi connectivity index (χ0) is 19.4. The van der Waals surface area contributed by atoms with Gasteiger partial charge in [-0.25, -0.2) is 13.2 Å². The summed E-state index contributed by atoms with van der Waals surface area (Å²) in [6, 6.07) is 3.30. The van der Waals surface area contributed by atoms with Crippen LogP contribution in [0, 0.1) is 0 Å². The van der Waals surface area contributed by atoms with Crippen molar-refractivity contribution in [3.05, 3.63) is 23.8 Å². The molecule has 0 aliphatic heterocycles. The number of aliphatic hydroxyl groups is 5. The van der Waals surface area contributed by atoms with E-state index in [1.54, 1.807) is 0 Å². The van der Waals surface area contributed by atoms with Gasteiger partial charge in [-0.05, 0) is 18.2 Å². The lowest BCUT2D eigenvalue weighted by molar-refractivity contribution is -0.111. The molecule has 11 heteroatoms. The van der Waals surface area contributed by atoms with Crippen LogP contribution in [0.5, 0.6) is 0 Å². The second-order valence-electron chi connectivity index (χ2n) is 5.47. The molecule has 1 rings (SSSR count). The Morgan fingerprint density at radius 3 is 2.16 bits per heavy atom. The van der Waals surface area contributed by atoms with Gasteiger partial charge in [0.25, 0.3) is 0 Å².